The molecule has 1 aliphatic rings. The van der Waals surface area contributed by atoms with Gasteiger partial charge in [-0.1, -0.05) is 12.1 Å². The quantitative estimate of drug-likeness (QED) is 0.806. The van der Waals surface area contributed by atoms with Gasteiger partial charge in [-0.05, 0) is 38.1 Å². The predicted molar refractivity (Wildman–Crippen MR) is 74.3 cm³/mol. The Bertz CT molecular complexity index is 487. The van der Waals surface area contributed by atoms with Crippen LogP contribution in [0.5, 0.6) is 0 Å². The molecule has 0 unspecified atom stereocenters. The highest BCUT2D eigenvalue weighted by Gasteiger charge is 2.12. The molecule has 5 heteroatoms. The van der Waals surface area contributed by atoms with E-state index in [-0.39, 0.29) is 0 Å². The fraction of sp³-hybridized carbons (Fsp3) is 0.500. The van der Waals surface area contributed by atoms with Gasteiger partial charge in [0.2, 0.25) is 0 Å². The molecular weight excluding hydrogens is 242 g/mol. The zero-order valence-corrected chi connectivity index (χ0v) is 10.9. The number of oxazole rings is 1. The van der Waals surface area contributed by atoms with E-state index in [4.69, 9.17) is 9.15 Å². The van der Waals surface area contributed by atoms with Gasteiger partial charge in [0.15, 0.2) is 5.58 Å². The summed E-state index contributed by atoms with van der Waals surface area (Å²) < 4.78 is 11.4. The molecule has 2 heterocycles. The molecule has 19 heavy (non-hydrogen) atoms. The number of anilines is 1. The van der Waals surface area contributed by atoms with Gasteiger partial charge in [-0.25, -0.2) is 0 Å². The van der Waals surface area contributed by atoms with Crippen molar-refractivity contribution in [2.24, 2.45) is 0 Å². The number of nitrogens with one attached hydrogen (secondary N) is 2. The SMILES string of the molecule is c1ccc2oc(NCCOC3CCNCC3)nc2c1. The summed E-state index contributed by atoms with van der Waals surface area (Å²) in [7, 11) is 0. The van der Waals surface area contributed by atoms with Crippen LogP contribution >= 0.6 is 0 Å². The van der Waals surface area contributed by atoms with Gasteiger partial charge in [0.05, 0.1) is 12.7 Å². The first-order chi connectivity index (χ1) is 9.42. The van der Waals surface area contributed by atoms with Crippen LogP contribution < -0.4 is 10.6 Å². The molecule has 0 atom stereocenters. The Kier molecular flexibility index (Phi) is 3.95. The lowest BCUT2D eigenvalue weighted by Crippen LogP contribution is -2.33. The van der Waals surface area contributed by atoms with Crippen LogP contribution in [0.4, 0.5) is 6.01 Å². The summed E-state index contributed by atoms with van der Waals surface area (Å²) >= 11 is 0. The van der Waals surface area contributed by atoms with Crippen molar-refractivity contribution in [3.63, 3.8) is 0 Å². The minimum absolute atomic E-state index is 0.395. The number of nitrogens with zero attached hydrogens (tertiary/aromatic N) is 1. The van der Waals surface area contributed by atoms with Crippen LogP contribution in [0.3, 0.4) is 0 Å². The molecule has 1 aromatic carbocycles. The van der Waals surface area contributed by atoms with E-state index in [1.807, 2.05) is 24.3 Å². The molecule has 2 N–H and O–H groups in total. The smallest absolute Gasteiger partial charge is 0.295 e. The van der Waals surface area contributed by atoms with Gasteiger partial charge in [0, 0.05) is 6.54 Å². The number of para-hydroxylation sites is 2. The maximum absolute atomic E-state index is 5.81. The van der Waals surface area contributed by atoms with Crippen LogP contribution in [0.2, 0.25) is 0 Å². The average molecular weight is 261 g/mol. The lowest BCUT2D eigenvalue weighted by Gasteiger charge is -2.22. The van der Waals surface area contributed by atoms with Crippen LogP contribution in [-0.2, 0) is 4.74 Å². The van der Waals surface area contributed by atoms with Crippen molar-refractivity contribution in [2.75, 3.05) is 31.6 Å². The number of piperidine rings is 1. The maximum Gasteiger partial charge on any atom is 0.295 e. The number of hydrogen-bond acceptors (Lipinski definition) is 5. The minimum Gasteiger partial charge on any atom is -0.424 e. The average Bonchev–Trinajstić information content (AvgIpc) is 2.87. The summed E-state index contributed by atoms with van der Waals surface area (Å²) in [5, 5.41) is 6.48. The molecule has 0 spiro atoms. The Balaban J connectivity index is 1.44. The predicted octanol–water partition coefficient (Wildman–Crippen LogP) is 2.01. The van der Waals surface area contributed by atoms with Crippen molar-refractivity contribution >= 4 is 17.1 Å². The number of benzene rings is 1. The van der Waals surface area contributed by atoms with Crippen molar-refractivity contribution in [2.45, 2.75) is 18.9 Å². The van der Waals surface area contributed by atoms with Gasteiger partial charge in [-0.15, -0.1) is 0 Å². The molecule has 0 bridgehead atoms. The fourth-order valence-electron chi connectivity index (χ4n) is 2.29. The molecule has 1 aromatic heterocycles. The molecule has 3 rings (SSSR count). The molecule has 0 radical (unpaired) electrons. The lowest BCUT2D eigenvalue weighted by molar-refractivity contribution is 0.0392. The zero-order chi connectivity index (χ0) is 12.9. The van der Waals surface area contributed by atoms with E-state index in [9.17, 15) is 0 Å². The third kappa shape index (κ3) is 3.24. The second-order valence-corrected chi connectivity index (χ2v) is 4.73. The first kappa shape index (κ1) is 12.4. The molecule has 1 saturated heterocycles. The summed E-state index contributed by atoms with van der Waals surface area (Å²) in [6.45, 7) is 3.52. The van der Waals surface area contributed by atoms with Gasteiger partial charge >= 0.3 is 0 Å². The van der Waals surface area contributed by atoms with Gasteiger partial charge in [0.25, 0.3) is 6.01 Å². The Morgan fingerprint density at radius 1 is 1.32 bits per heavy atom. The highest BCUT2D eigenvalue weighted by molar-refractivity contribution is 5.74. The molecule has 0 aliphatic carbocycles. The summed E-state index contributed by atoms with van der Waals surface area (Å²) in [6, 6.07) is 8.32. The minimum atomic E-state index is 0.395. The second-order valence-electron chi connectivity index (χ2n) is 4.73. The first-order valence-corrected chi connectivity index (χ1v) is 6.83. The van der Waals surface area contributed by atoms with E-state index in [1.54, 1.807) is 0 Å². The highest BCUT2D eigenvalue weighted by atomic mass is 16.5. The molecule has 1 fully saturated rings. The molecule has 102 valence electrons. The Hall–Kier alpha value is -1.59. The van der Waals surface area contributed by atoms with Crippen molar-refractivity contribution < 1.29 is 9.15 Å². The Morgan fingerprint density at radius 3 is 3.00 bits per heavy atom. The Labute approximate surface area is 112 Å². The molecule has 1 aliphatic heterocycles. The van der Waals surface area contributed by atoms with E-state index in [1.165, 1.54) is 0 Å². The normalized spacial score (nSPS) is 16.8. The monoisotopic (exact) mass is 261 g/mol. The first-order valence-electron chi connectivity index (χ1n) is 6.83. The van der Waals surface area contributed by atoms with Crippen LogP contribution in [0, 0.1) is 0 Å². The van der Waals surface area contributed by atoms with Crippen LogP contribution in [0.1, 0.15) is 12.8 Å². The fourth-order valence-corrected chi connectivity index (χ4v) is 2.29. The molecule has 0 amide bonds. The number of aromatic nitrogens is 1. The third-order valence-electron chi connectivity index (χ3n) is 3.31. The molecule has 0 saturated carbocycles. The van der Waals surface area contributed by atoms with Crippen LogP contribution in [0.25, 0.3) is 11.1 Å². The maximum atomic E-state index is 5.81. The van der Waals surface area contributed by atoms with E-state index in [0.717, 1.165) is 43.6 Å². The summed E-state index contributed by atoms with van der Waals surface area (Å²) in [4.78, 5) is 4.35. The summed E-state index contributed by atoms with van der Waals surface area (Å²) in [5.74, 6) is 0. The zero-order valence-electron chi connectivity index (χ0n) is 10.9. The van der Waals surface area contributed by atoms with Crippen molar-refractivity contribution in [1.82, 2.24) is 10.3 Å². The van der Waals surface area contributed by atoms with Crippen LogP contribution in [-0.4, -0.2) is 37.3 Å². The largest absolute Gasteiger partial charge is 0.424 e. The number of rotatable bonds is 5. The third-order valence-corrected chi connectivity index (χ3v) is 3.31. The summed E-state index contributed by atoms with van der Waals surface area (Å²) in [6.07, 6.45) is 2.60. The number of fused-ring (bicyclic) bond motifs is 1. The van der Waals surface area contributed by atoms with E-state index in [0.29, 0.717) is 18.7 Å². The van der Waals surface area contributed by atoms with Crippen molar-refractivity contribution in [1.29, 1.82) is 0 Å². The van der Waals surface area contributed by atoms with Gasteiger partial charge < -0.3 is 19.8 Å². The number of hydrogen-bond donors (Lipinski definition) is 2. The second kappa shape index (κ2) is 6.04. The van der Waals surface area contributed by atoms with Gasteiger partial charge in [0.1, 0.15) is 5.52 Å². The Morgan fingerprint density at radius 2 is 2.16 bits per heavy atom. The lowest BCUT2D eigenvalue weighted by atomic mass is 10.1. The van der Waals surface area contributed by atoms with Gasteiger partial charge in [-0.2, -0.15) is 4.98 Å². The van der Waals surface area contributed by atoms with E-state index in [2.05, 4.69) is 15.6 Å². The standard InChI is InChI=1S/C14H19N3O2/c1-2-4-13-12(3-1)17-14(19-13)16-9-10-18-11-5-7-15-8-6-11/h1-4,11,15H,5-10H2,(H,16,17). The van der Waals surface area contributed by atoms with E-state index >= 15 is 0 Å². The number of ether oxygens (including phenoxy) is 1. The van der Waals surface area contributed by atoms with Crippen molar-refractivity contribution in [3.8, 4) is 0 Å². The molecular formula is C14H19N3O2. The van der Waals surface area contributed by atoms with E-state index < -0.39 is 0 Å². The topological polar surface area (TPSA) is 59.3 Å². The van der Waals surface area contributed by atoms with Crippen molar-refractivity contribution in [3.05, 3.63) is 24.3 Å². The highest BCUT2D eigenvalue weighted by Crippen LogP contribution is 2.17. The summed E-state index contributed by atoms with van der Waals surface area (Å²) in [5.41, 5.74) is 1.69. The molecule has 2 aromatic rings. The van der Waals surface area contributed by atoms with Crippen LogP contribution in [0.15, 0.2) is 28.7 Å². The van der Waals surface area contributed by atoms with Gasteiger partial charge in [-0.3, -0.25) is 0 Å². The molecule has 5 nitrogen and oxygen atoms in total.